The number of rotatable bonds is 3. The van der Waals surface area contributed by atoms with Gasteiger partial charge in [-0.05, 0) is 19.1 Å². The van der Waals surface area contributed by atoms with Crippen molar-refractivity contribution in [2.45, 2.75) is 6.92 Å². The Labute approximate surface area is 98.0 Å². The molecule has 1 N–H and O–H groups in total. The zero-order valence-corrected chi connectivity index (χ0v) is 9.32. The van der Waals surface area contributed by atoms with Gasteiger partial charge in [-0.1, -0.05) is 12.1 Å². The molecule has 0 aliphatic carbocycles. The van der Waals surface area contributed by atoms with Gasteiger partial charge in [0.25, 0.3) is 5.91 Å². The van der Waals surface area contributed by atoms with Crippen LogP contribution in [0.4, 0.5) is 0 Å². The second kappa shape index (κ2) is 4.75. The maximum absolute atomic E-state index is 11.9. The molecular formula is C11H12N4O2. The number of carbonyl (C=O) groups excluding carboxylic acids is 1. The summed E-state index contributed by atoms with van der Waals surface area (Å²) in [5.41, 5.74) is 0.892. The first-order chi connectivity index (χ1) is 8.24. The lowest BCUT2D eigenvalue weighted by Gasteiger charge is -2.14. The van der Waals surface area contributed by atoms with E-state index in [9.17, 15) is 10.0 Å². The Morgan fingerprint density at radius 1 is 1.35 bits per heavy atom. The predicted octanol–water partition coefficient (Wildman–Crippen LogP) is 1.12. The molecule has 0 saturated heterocycles. The van der Waals surface area contributed by atoms with E-state index in [-0.39, 0.29) is 6.54 Å². The second-order valence-electron chi connectivity index (χ2n) is 3.36. The van der Waals surface area contributed by atoms with E-state index in [1.807, 2.05) is 0 Å². The molecule has 2 rings (SSSR count). The summed E-state index contributed by atoms with van der Waals surface area (Å²) in [6, 6.07) is 6.85. The van der Waals surface area contributed by atoms with Crippen LogP contribution in [0.1, 0.15) is 17.3 Å². The molecule has 1 aromatic carbocycles. The summed E-state index contributed by atoms with van der Waals surface area (Å²) in [6.07, 6.45) is 3.05. The summed E-state index contributed by atoms with van der Waals surface area (Å²) in [4.78, 5) is 13.2. The highest BCUT2D eigenvalue weighted by Crippen LogP contribution is 2.13. The fourth-order valence-electron chi connectivity index (χ4n) is 1.45. The standard InChI is InChI=1S/C11H12N4O2/c1-2-14(17)11(16)9-5-3-4-6-10(9)15-12-7-8-13-15/h3-8,17H,2H2,1H3. The molecule has 0 unspecified atom stereocenters. The average molecular weight is 232 g/mol. The topological polar surface area (TPSA) is 71.2 Å². The molecule has 1 amide bonds. The molecule has 0 aliphatic heterocycles. The average Bonchev–Trinajstić information content (AvgIpc) is 2.90. The van der Waals surface area contributed by atoms with Gasteiger partial charge in [-0.15, -0.1) is 0 Å². The first-order valence-electron chi connectivity index (χ1n) is 5.20. The lowest BCUT2D eigenvalue weighted by atomic mass is 10.1. The summed E-state index contributed by atoms with van der Waals surface area (Å²) in [6.45, 7) is 1.91. The third-order valence-electron chi connectivity index (χ3n) is 2.30. The fourth-order valence-corrected chi connectivity index (χ4v) is 1.45. The smallest absolute Gasteiger partial charge is 0.279 e. The quantitative estimate of drug-likeness (QED) is 0.635. The summed E-state index contributed by atoms with van der Waals surface area (Å²) in [5.74, 6) is -0.472. The highest BCUT2D eigenvalue weighted by Gasteiger charge is 2.17. The van der Waals surface area contributed by atoms with E-state index in [4.69, 9.17) is 0 Å². The SMILES string of the molecule is CCN(O)C(=O)c1ccccc1-n1nccn1. The van der Waals surface area contributed by atoms with Gasteiger partial charge >= 0.3 is 0 Å². The van der Waals surface area contributed by atoms with Crippen molar-refractivity contribution < 1.29 is 10.0 Å². The normalized spacial score (nSPS) is 10.2. The molecule has 1 heterocycles. The van der Waals surface area contributed by atoms with E-state index >= 15 is 0 Å². The van der Waals surface area contributed by atoms with Crippen LogP contribution in [0, 0.1) is 0 Å². The van der Waals surface area contributed by atoms with Gasteiger partial charge in [-0.25, -0.2) is 5.06 Å². The zero-order valence-electron chi connectivity index (χ0n) is 9.32. The van der Waals surface area contributed by atoms with Crippen LogP contribution in [0.15, 0.2) is 36.7 Å². The van der Waals surface area contributed by atoms with Crippen molar-refractivity contribution in [3.8, 4) is 5.69 Å². The van der Waals surface area contributed by atoms with Crippen molar-refractivity contribution in [1.29, 1.82) is 0 Å². The second-order valence-corrected chi connectivity index (χ2v) is 3.36. The minimum absolute atomic E-state index is 0.222. The highest BCUT2D eigenvalue weighted by atomic mass is 16.5. The van der Waals surface area contributed by atoms with Crippen molar-refractivity contribution in [1.82, 2.24) is 20.1 Å². The van der Waals surface area contributed by atoms with Gasteiger partial charge in [0, 0.05) is 6.54 Å². The highest BCUT2D eigenvalue weighted by molar-refractivity contribution is 5.96. The fraction of sp³-hybridized carbons (Fsp3) is 0.182. The Morgan fingerprint density at radius 3 is 2.65 bits per heavy atom. The molecule has 0 atom stereocenters. The maximum Gasteiger partial charge on any atom is 0.279 e. The Morgan fingerprint density at radius 2 is 2.00 bits per heavy atom. The van der Waals surface area contributed by atoms with Crippen LogP contribution >= 0.6 is 0 Å². The molecular weight excluding hydrogens is 220 g/mol. The molecule has 0 spiro atoms. The van der Waals surface area contributed by atoms with Crippen molar-refractivity contribution in [3.63, 3.8) is 0 Å². The molecule has 6 heteroatoms. The molecule has 0 aliphatic rings. The first-order valence-corrected chi connectivity index (χ1v) is 5.20. The summed E-state index contributed by atoms with van der Waals surface area (Å²) in [5, 5.41) is 18.0. The van der Waals surface area contributed by atoms with Crippen LogP contribution in [0.2, 0.25) is 0 Å². The molecule has 88 valence electrons. The number of nitrogens with zero attached hydrogens (tertiary/aromatic N) is 4. The van der Waals surface area contributed by atoms with Gasteiger partial charge in [0.15, 0.2) is 0 Å². The van der Waals surface area contributed by atoms with E-state index < -0.39 is 5.91 Å². The van der Waals surface area contributed by atoms with Crippen molar-refractivity contribution in [3.05, 3.63) is 42.2 Å². The summed E-state index contributed by atoms with van der Waals surface area (Å²) in [7, 11) is 0. The lowest BCUT2D eigenvalue weighted by molar-refractivity contribution is -0.0541. The molecule has 0 bridgehead atoms. The Kier molecular flexibility index (Phi) is 3.15. The van der Waals surface area contributed by atoms with Crippen LogP contribution < -0.4 is 0 Å². The van der Waals surface area contributed by atoms with Gasteiger partial charge in [0.05, 0.1) is 23.6 Å². The third-order valence-corrected chi connectivity index (χ3v) is 2.30. The Hall–Kier alpha value is -2.21. The van der Waals surface area contributed by atoms with Crippen LogP contribution in [0.25, 0.3) is 5.69 Å². The van der Waals surface area contributed by atoms with E-state index in [0.717, 1.165) is 0 Å². The van der Waals surface area contributed by atoms with Crippen LogP contribution in [0.3, 0.4) is 0 Å². The maximum atomic E-state index is 11.9. The first kappa shape index (κ1) is 11.3. The van der Waals surface area contributed by atoms with Gasteiger partial charge in [-0.2, -0.15) is 15.0 Å². The number of carbonyl (C=O) groups is 1. The van der Waals surface area contributed by atoms with Crippen LogP contribution in [-0.2, 0) is 0 Å². The monoisotopic (exact) mass is 232 g/mol. The van der Waals surface area contributed by atoms with Crippen LogP contribution in [0.5, 0.6) is 0 Å². The van der Waals surface area contributed by atoms with Crippen molar-refractivity contribution in [2.75, 3.05) is 6.54 Å². The lowest BCUT2D eigenvalue weighted by Crippen LogP contribution is -2.28. The van der Waals surface area contributed by atoms with Crippen LogP contribution in [-0.4, -0.2) is 37.7 Å². The van der Waals surface area contributed by atoms with Crippen molar-refractivity contribution >= 4 is 5.91 Å². The number of para-hydroxylation sites is 1. The number of amides is 1. The summed E-state index contributed by atoms with van der Waals surface area (Å²) >= 11 is 0. The van der Waals surface area contributed by atoms with E-state index in [1.54, 1.807) is 31.2 Å². The molecule has 6 nitrogen and oxygen atoms in total. The molecule has 0 radical (unpaired) electrons. The zero-order chi connectivity index (χ0) is 12.3. The molecule has 2 aromatic rings. The largest absolute Gasteiger partial charge is 0.286 e. The van der Waals surface area contributed by atoms with Gasteiger partial charge in [0.1, 0.15) is 0 Å². The molecule has 0 fully saturated rings. The Bertz CT molecular complexity index is 510. The number of aromatic nitrogens is 3. The Balaban J connectivity index is 2.45. The van der Waals surface area contributed by atoms with Gasteiger partial charge in [-0.3, -0.25) is 10.0 Å². The van der Waals surface area contributed by atoms with Gasteiger partial charge < -0.3 is 0 Å². The number of hydrogen-bond acceptors (Lipinski definition) is 4. The van der Waals surface area contributed by atoms with Gasteiger partial charge in [0.2, 0.25) is 0 Å². The summed E-state index contributed by atoms with van der Waals surface area (Å²) < 4.78 is 0. The van der Waals surface area contributed by atoms with E-state index in [0.29, 0.717) is 16.3 Å². The third kappa shape index (κ3) is 2.16. The van der Waals surface area contributed by atoms with Crippen molar-refractivity contribution in [2.24, 2.45) is 0 Å². The number of hydroxylamine groups is 2. The molecule has 1 aromatic heterocycles. The van der Waals surface area contributed by atoms with E-state index in [1.165, 1.54) is 17.2 Å². The predicted molar refractivity (Wildman–Crippen MR) is 59.9 cm³/mol. The molecule has 0 saturated carbocycles. The van der Waals surface area contributed by atoms with E-state index in [2.05, 4.69) is 10.2 Å². The minimum Gasteiger partial charge on any atom is -0.286 e. The number of benzene rings is 1. The molecule has 17 heavy (non-hydrogen) atoms. The number of hydrogen-bond donors (Lipinski definition) is 1. The minimum atomic E-state index is -0.472.